The smallest absolute Gasteiger partial charge is 0.306 e. The quantitative estimate of drug-likeness (QED) is 0.526. The Morgan fingerprint density at radius 3 is 2.77 bits per heavy atom. The van der Waals surface area contributed by atoms with Gasteiger partial charge in [-0.15, -0.1) is 0 Å². The molecular formula is C24H25N5O. The van der Waals surface area contributed by atoms with Crippen LogP contribution in [0, 0.1) is 5.92 Å². The van der Waals surface area contributed by atoms with Crippen LogP contribution in [-0.4, -0.2) is 44.1 Å². The third-order valence-corrected chi connectivity index (χ3v) is 5.93. The maximum atomic E-state index is 12.6. The summed E-state index contributed by atoms with van der Waals surface area (Å²) in [7, 11) is 2.14. The molecule has 0 radical (unpaired) electrons. The lowest BCUT2D eigenvalue weighted by atomic mass is 9.98. The van der Waals surface area contributed by atoms with Gasteiger partial charge in [-0.05, 0) is 62.7 Å². The molecule has 6 heteroatoms. The Morgan fingerprint density at radius 1 is 1.10 bits per heavy atom. The lowest BCUT2D eigenvalue weighted by molar-refractivity contribution is 0.193. The van der Waals surface area contributed by atoms with Crippen molar-refractivity contribution >= 4 is 11.0 Å². The Morgan fingerprint density at radius 2 is 1.97 bits per heavy atom. The second-order valence-corrected chi connectivity index (χ2v) is 8.17. The van der Waals surface area contributed by atoms with Gasteiger partial charge in [0.25, 0.3) is 0 Å². The molecule has 0 aliphatic carbocycles. The van der Waals surface area contributed by atoms with Crippen LogP contribution >= 0.6 is 0 Å². The van der Waals surface area contributed by atoms with E-state index in [0.29, 0.717) is 11.6 Å². The van der Waals surface area contributed by atoms with Crippen LogP contribution in [-0.2, 0) is 6.54 Å². The zero-order chi connectivity index (χ0) is 20.5. The molecule has 0 amide bonds. The van der Waals surface area contributed by atoms with Crippen LogP contribution in [0.2, 0.25) is 0 Å². The van der Waals surface area contributed by atoms with E-state index < -0.39 is 0 Å². The monoisotopic (exact) mass is 399 g/mol. The van der Waals surface area contributed by atoms with Crippen molar-refractivity contribution in [2.45, 2.75) is 19.4 Å². The number of imidazole rings is 1. The fraction of sp³-hybridized carbons (Fsp3) is 0.292. The highest BCUT2D eigenvalue weighted by Crippen LogP contribution is 2.24. The summed E-state index contributed by atoms with van der Waals surface area (Å²) in [5, 5.41) is 0. The maximum Gasteiger partial charge on any atom is 0.348 e. The number of hydrogen-bond acceptors (Lipinski definition) is 4. The fourth-order valence-corrected chi connectivity index (χ4v) is 4.40. The summed E-state index contributed by atoms with van der Waals surface area (Å²) in [4.78, 5) is 23.9. The number of fused-ring (bicyclic) bond motifs is 1. The molecule has 152 valence electrons. The van der Waals surface area contributed by atoms with Gasteiger partial charge in [0.15, 0.2) is 0 Å². The van der Waals surface area contributed by atoms with Crippen LogP contribution in [0.25, 0.3) is 28.0 Å². The van der Waals surface area contributed by atoms with Crippen LogP contribution < -0.4 is 5.69 Å². The molecule has 1 aliphatic heterocycles. The van der Waals surface area contributed by atoms with E-state index in [1.54, 1.807) is 4.57 Å². The van der Waals surface area contributed by atoms with Crippen molar-refractivity contribution < 1.29 is 0 Å². The van der Waals surface area contributed by atoms with Crippen molar-refractivity contribution in [2.75, 3.05) is 20.1 Å². The molecule has 2 aromatic carbocycles. The lowest BCUT2D eigenvalue weighted by Gasteiger charge is -2.29. The van der Waals surface area contributed by atoms with Crippen molar-refractivity contribution in [1.82, 2.24) is 24.0 Å². The van der Waals surface area contributed by atoms with Crippen molar-refractivity contribution in [2.24, 2.45) is 5.92 Å². The number of benzene rings is 2. The minimum Gasteiger partial charge on any atom is -0.306 e. The van der Waals surface area contributed by atoms with Gasteiger partial charge in [0, 0.05) is 30.5 Å². The minimum atomic E-state index is -0.185. The molecule has 1 aliphatic rings. The van der Waals surface area contributed by atoms with Gasteiger partial charge in [-0.3, -0.25) is 9.13 Å². The van der Waals surface area contributed by atoms with E-state index in [1.165, 1.54) is 12.8 Å². The summed E-state index contributed by atoms with van der Waals surface area (Å²) in [5.41, 5.74) is 4.39. The summed E-state index contributed by atoms with van der Waals surface area (Å²) in [5.74, 6) is 0.507. The highest BCUT2D eigenvalue weighted by molar-refractivity contribution is 5.82. The molecule has 0 bridgehead atoms. The number of likely N-dealkylation sites (tertiary alicyclic amines) is 1. The molecule has 30 heavy (non-hydrogen) atoms. The first-order chi connectivity index (χ1) is 14.7. The zero-order valence-electron chi connectivity index (χ0n) is 17.1. The van der Waals surface area contributed by atoms with Crippen molar-refractivity contribution in [3.05, 3.63) is 77.6 Å². The normalized spacial score (nSPS) is 17.4. The number of aromatic nitrogens is 4. The second kappa shape index (κ2) is 7.88. The number of hydrogen-bond donors (Lipinski definition) is 0. The first-order valence-corrected chi connectivity index (χ1v) is 10.5. The summed E-state index contributed by atoms with van der Waals surface area (Å²) >= 11 is 0. The molecule has 0 spiro atoms. The van der Waals surface area contributed by atoms with Gasteiger partial charge >= 0.3 is 5.69 Å². The van der Waals surface area contributed by atoms with E-state index >= 15 is 0 Å². The molecule has 1 fully saturated rings. The standard InChI is InChI=1S/C24H25N5O/c1-27-12-5-6-18(15-27)16-28-13-11-21(26-24(28)30)19-9-10-23-22(14-19)25-17-29(23)20-7-3-2-4-8-20/h2-4,7-11,13-14,17-18H,5-6,12,15-16H2,1H3. The van der Waals surface area contributed by atoms with E-state index in [1.807, 2.05) is 55.0 Å². The Kier molecular flexibility index (Phi) is 4.93. The summed E-state index contributed by atoms with van der Waals surface area (Å²) in [6.45, 7) is 2.91. The van der Waals surface area contributed by atoms with Crippen LogP contribution in [0.3, 0.4) is 0 Å². The van der Waals surface area contributed by atoms with Crippen LogP contribution in [0.5, 0.6) is 0 Å². The topological polar surface area (TPSA) is 56.0 Å². The maximum absolute atomic E-state index is 12.6. The van der Waals surface area contributed by atoms with E-state index in [0.717, 1.165) is 41.9 Å². The average Bonchev–Trinajstić information content (AvgIpc) is 3.19. The van der Waals surface area contributed by atoms with Gasteiger partial charge in [-0.2, -0.15) is 4.98 Å². The van der Waals surface area contributed by atoms with Crippen LogP contribution in [0.15, 0.2) is 71.9 Å². The molecule has 1 saturated heterocycles. The van der Waals surface area contributed by atoms with Gasteiger partial charge in [0.2, 0.25) is 0 Å². The van der Waals surface area contributed by atoms with Gasteiger partial charge in [-0.25, -0.2) is 9.78 Å². The van der Waals surface area contributed by atoms with Crippen molar-refractivity contribution in [1.29, 1.82) is 0 Å². The van der Waals surface area contributed by atoms with Gasteiger partial charge in [0.1, 0.15) is 6.33 Å². The molecule has 0 N–H and O–H groups in total. The van der Waals surface area contributed by atoms with Crippen molar-refractivity contribution in [3.8, 4) is 16.9 Å². The number of nitrogens with zero attached hydrogens (tertiary/aromatic N) is 5. The number of rotatable bonds is 4. The Labute approximate surface area is 175 Å². The average molecular weight is 399 g/mol. The summed E-state index contributed by atoms with van der Waals surface area (Å²) in [6, 6.07) is 18.1. The fourth-order valence-electron chi connectivity index (χ4n) is 4.40. The van der Waals surface area contributed by atoms with Gasteiger partial charge in [-0.1, -0.05) is 24.3 Å². The van der Waals surface area contributed by atoms with Gasteiger partial charge < -0.3 is 4.90 Å². The molecular weight excluding hydrogens is 374 g/mol. The summed E-state index contributed by atoms with van der Waals surface area (Å²) < 4.78 is 3.81. The molecule has 4 aromatic rings. The Hall–Kier alpha value is -3.25. The highest BCUT2D eigenvalue weighted by Gasteiger charge is 2.18. The number of piperidine rings is 1. The molecule has 3 heterocycles. The highest BCUT2D eigenvalue weighted by atomic mass is 16.1. The van der Waals surface area contributed by atoms with E-state index in [9.17, 15) is 4.79 Å². The van der Waals surface area contributed by atoms with E-state index in [2.05, 4.69) is 38.6 Å². The first-order valence-electron chi connectivity index (χ1n) is 10.5. The second-order valence-electron chi connectivity index (χ2n) is 8.17. The lowest BCUT2D eigenvalue weighted by Crippen LogP contribution is -2.36. The zero-order valence-corrected chi connectivity index (χ0v) is 17.1. The Bertz CT molecular complexity index is 1230. The molecule has 1 unspecified atom stereocenters. The van der Waals surface area contributed by atoms with Crippen molar-refractivity contribution in [3.63, 3.8) is 0 Å². The van der Waals surface area contributed by atoms with E-state index in [4.69, 9.17) is 0 Å². The third kappa shape index (κ3) is 3.66. The SMILES string of the molecule is CN1CCCC(Cn2ccc(-c3ccc4c(c3)ncn4-c3ccccc3)nc2=O)C1. The molecule has 1 atom stereocenters. The molecule has 2 aromatic heterocycles. The number of para-hydroxylation sites is 1. The van der Waals surface area contributed by atoms with Crippen LogP contribution in [0.1, 0.15) is 12.8 Å². The largest absolute Gasteiger partial charge is 0.348 e. The van der Waals surface area contributed by atoms with Gasteiger partial charge in [0.05, 0.1) is 16.7 Å². The molecule has 5 rings (SSSR count). The molecule has 6 nitrogen and oxygen atoms in total. The predicted octanol–water partition coefficient (Wildman–Crippen LogP) is 3.59. The summed E-state index contributed by atoms with van der Waals surface area (Å²) in [6.07, 6.45) is 6.07. The Balaban J connectivity index is 1.41. The predicted molar refractivity (Wildman–Crippen MR) is 119 cm³/mol. The first kappa shape index (κ1) is 18.8. The molecule has 0 saturated carbocycles. The minimum absolute atomic E-state index is 0.185. The third-order valence-electron chi connectivity index (χ3n) is 5.93. The van der Waals surface area contributed by atoms with E-state index in [-0.39, 0.29) is 5.69 Å². The van der Waals surface area contributed by atoms with Crippen LogP contribution in [0.4, 0.5) is 0 Å².